The standard InChI is InChI=1S/C15H19NO3/c17-9-8-16(15(19)13-10-14(18)11-13)7-6-12-4-2-1-3-5-12/h1-5,13,17H,6-11H2. The molecule has 0 unspecified atom stereocenters. The number of hydrogen-bond acceptors (Lipinski definition) is 3. The summed E-state index contributed by atoms with van der Waals surface area (Å²) >= 11 is 0. The average molecular weight is 261 g/mol. The summed E-state index contributed by atoms with van der Waals surface area (Å²) in [6, 6.07) is 9.94. The second-order valence-corrected chi connectivity index (χ2v) is 4.93. The van der Waals surface area contributed by atoms with E-state index in [0.717, 1.165) is 6.42 Å². The molecule has 1 aromatic carbocycles. The first-order valence-electron chi connectivity index (χ1n) is 6.66. The highest BCUT2D eigenvalue weighted by molar-refractivity contribution is 5.96. The van der Waals surface area contributed by atoms with E-state index in [2.05, 4.69) is 0 Å². The first-order valence-corrected chi connectivity index (χ1v) is 6.66. The number of ketones is 1. The molecule has 0 heterocycles. The molecule has 1 N–H and O–H groups in total. The van der Waals surface area contributed by atoms with Crippen molar-refractivity contribution in [2.24, 2.45) is 5.92 Å². The van der Waals surface area contributed by atoms with E-state index in [1.165, 1.54) is 5.56 Å². The van der Waals surface area contributed by atoms with Gasteiger partial charge in [-0.05, 0) is 12.0 Å². The number of rotatable bonds is 6. The molecule has 0 radical (unpaired) electrons. The molecule has 0 saturated heterocycles. The van der Waals surface area contributed by atoms with Gasteiger partial charge in [0.1, 0.15) is 5.78 Å². The average Bonchev–Trinajstić information content (AvgIpc) is 2.40. The van der Waals surface area contributed by atoms with E-state index in [0.29, 0.717) is 25.9 Å². The normalized spacial score (nSPS) is 15.1. The molecule has 19 heavy (non-hydrogen) atoms. The molecule has 1 fully saturated rings. The summed E-state index contributed by atoms with van der Waals surface area (Å²) in [4.78, 5) is 24.8. The summed E-state index contributed by atoms with van der Waals surface area (Å²) in [6.45, 7) is 0.894. The van der Waals surface area contributed by atoms with E-state index in [9.17, 15) is 9.59 Å². The van der Waals surface area contributed by atoms with Gasteiger partial charge in [-0.1, -0.05) is 30.3 Å². The van der Waals surface area contributed by atoms with Gasteiger partial charge in [-0.15, -0.1) is 0 Å². The Morgan fingerprint density at radius 1 is 1.21 bits per heavy atom. The Bertz CT molecular complexity index is 436. The second kappa shape index (κ2) is 6.48. The number of amides is 1. The van der Waals surface area contributed by atoms with Gasteiger partial charge in [-0.25, -0.2) is 0 Å². The van der Waals surface area contributed by atoms with E-state index in [-0.39, 0.29) is 24.2 Å². The summed E-state index contributed by atoms with van der Waals surface area (Å²) in [5.41, 5.74) is 1.17. The SMILES string of the molecule is O=C1CC(C(=O)N(CCO)CCc2ccccc2)C1. The van der Waals surface area contributed by atoms with Crippen LogP contribution in [0, 0.1) is 5.92 Å². The predicted molar refractivity (Wildman–Crippen MR) is 71.5 cm³/mol. The van der Waals surface area contributed by atoms with E-state index in [1.807, 2.05) is 30.3 Å². The Labute approximate surface area is 113 Å². The molecular formula is C15H19NO3. The quantitative estimate of drug-likeness (QED) is 0.832. The number of carbonyl (C=O) groups excluding carboxylic acids is 2. The fourth-order valence-electron chi connectivity index (χ4n) is 2.28. The van der Waals surface area contributed by atoms with Crippen LogP contribution in [0.2, 0.25) is 0 Å². The molecule has 4 nitrogen and oxygen atoms in total. The number of aliphatic hydroxyl groups excluding tert-OH is 1. The Hall–Kier alpha value is -1.68. The Morgan fingerprint density at radius 2 is 1.89 bits per heavy atom. The van der Waals surface area contributed by atoms with Gasteiger partial charge in [-0.3, -0.25) is 9.59 Å². The van der Waals surface area contributed by atoms with Crippen LogP contribution in [0.4, 0.5) is 0 Å². The van der Waals surface area contributed by atoms with Crippen molar-refractivity contribution in [2.75, 3.05) is 19.7 Å². The minimum Gasteiger partial charge on any atom is -0.395 e. The van der Waals surface area contributed by atoms with Crippen LogP contribution in [-0.2, 0) is 16.0 Å². The zero-order valence-corrected chi connectivity index (χ0v) is 10.9. The smallest absolute Gasteiger partial charge is 0.226 e. The molecule has 1 aliphatic carbocycles. The van der Waals surface area contributed by atoms with Crippen molar-refractivity contribution in [3.8, 4) is 0 Å². The van der Waals surface area contributed by atoms with Crippen LogP contribution >= 0.6 is 0 Å². The van der Waals surface area contributed by atoms with E-state index >= 15 is 0 Å². The maximum Gasteiger partial charge on any atom is 0.226 e. The fraction of sp³-hybridized carbons (Fsp3) is 0.467. The van der Waals surface area contributed by atoms with Gasteiger partial charge in [0.25, 0.3) is 0 Å². The Balaban J connectivity index is 1.88. The number of benzene rings is 1. The van der Waals surface area contributed by atoms with Gasteiger partial charge in [0.2, 0.25) is 5.91 Å². The number of carbonyl (C=O) groups is 2. The highest BCUT2D eigenvalue weighted by Gasteiger charge is 2.35. The molecule has 0 bridgehead atoms. The van der Waals surface area contributed by atoms with Crippen molar-refractivity contribution in [3.63, 3.8) is 0 Å². The minimum atomic E-state index is -0.158. The third kappa shape index (κ3) is 3.64. The van der Waals surface area contributed by atoms with Gasteiger partial charge < -0.3 is 10.0 Å². The lowest BCUT2D eigenvalue weighted by molar-refractivity contribution is -0.145. The van der Waals surface area contributed by atoms with Crippen LogP contribution in [0.1, 0.15) is 18.4 Å². The molecule has 0 atom stereocenters. The molecule has 1 aliphatic rings. The lowest BCUT2D eigenvalue weighted by Gasteiger charge is -2.30. The van der Waals surface area contributed by atoms with Crippen LogP contribution in [0.5, 0.6) is 0 Å². The Kier molecular flexibility index (Phi) is 4.68. The number of Topliss-reactive ketones (excluding diaryl/α,β-unsaturated/α-hetero) is 1. The first-order chi connectivity index (χ1) is 9.20. The highest BCUT2D eigenvalue weighted by Crippen LogP contribution is 2.25. The third-order valence-corrected chi connectivity index (χ3v) is 3.49. The summed E-state index contributed by atoms with van der Waals surface area (Å²) in [5.74, 6) is 0.00441. The second-order valence-electron chi connectivity index (χ2n) is 4.93. The molecule has 1 aromatic rings. The highest BCUT2D eigenvalue weighted by atomic mass is 16.3. The first kappa shape index (κ1) is 13.7. The van der Waals surface area contributed by atoms with Crippen LogP contribution in [-0.4, -0.2) is 41.4 Å². The van der Waals surface area contributed by atoms with Crippen LogP contribution in [0.25, 0.3) is 0 Å². The topological polar surface area (TPSA) is 57.6 Å². The molecule has 102 valence electrons. The van der Waals surface area contributed by atoms with Gasteiger partial charge in [0.15, 0.2) is 0 Å². The zero-order valence-electron chi connectivity index (χ0n) is 10.9. The molecule has 1 amide bonds. The van der Waals surface area contributed by atoms with Crippen LogP contribution in [0.15, 0.2) is 30.3 Å². The number of aliphatic hydroxyl groups is 1. The molecule has 0 aromatic heterocycles. The molecule has 2 rings (SSSR count). The zero-order chi connectivity index (χ0) is 13.7. The van der Waals surface area contributed by atoms with Crippen LogP contribution in [0.3, 0.4) is 0 Å². The summed E-state index contributed by atoms with van der Waals surface area (Å²) in [5, 5.41) is 9.05. The van der Waals surface area contributed by atoms with Crippen molar-refractivity contribution >= 4 is 11.7 Å². The predicted octanol–water partition coefficient (Wildman–Crippen LogP) is 1.03. The molecule has 4 heteroatoms. The van der Waals surface area contributed by atoms with Crippen molar-refractivity contribution in [1.82, 2.24) is 4.90 Å². The van der Waals surface area contributed by atoms with Gasteiger partial charge >= 0.3 is 0 Å². The maximum absolute atomic E-state index is 12.1. The molecule has 0 spiro atoms. The summed E-state index contributed by atoms with van der Waals surface area (Å²) < 4.78 is 0. The van der Waals surface area contributed by atoms with Crippen molar-refractivity contribution < 1.29 is 14.7 Å². The minimum absolute atomic E-state index is 0.00424. The molecular weight excluding hydrogens is 242 g/mol. The Morgan fingerprint density at radius 3 is 2.47 bits per heavy atom. The van der Waals surface area contributed by atoms with Gasteiger partial charge in [0, 0.05) is 25.9 Å². The summed E-state index contributed by atoms with van der Waals surface area (Å²) in [7, 11) is 0. The van der Waals surface area contributed by atoms with Crippen molar-refractivity contribution in [2.45, 2.75) is 19.3 Å². The van der Waals surface area contributed by atoms with Crippen LogP contribution < -0.4 is 0 Å². The van der Waals surface area contributed by atoms with E-state index in [1.54, 1.807) is 4.90 Å². The lowest BCUT2D eigenvalue weighted by atomic mass is 9.83. The summed E-state index contributed by atoms with van der Waals surface area (Å²) in [6.07, 6.45) is 1.51. The molecule has 1 saturated carbocycles. The van der Waals surface area contributed by atoms with E-state index < -0.39 is 0 Å². The van der Waals surface area contributed by atoms with E-state index in [4.69, 9.17) is 5.11 Å². The van der Waals surface area contributed by atoms with Crippen molar-refractivity contribution in [1.29, 1.82) is 0 Å². The lowest BCUT2D eigenvalue weighted by Crippen LogP contribution is -2.44. The maximum atomic E-state index is 12.1. The fourth-order valence-corrected chi connectivity index (χ4v) is 2.28. The van der Waals surface area contributed by atoms with Crippen molar-refractivity contribution in [3.05, 3.63) is 35.9 Å². The van der Waals surface area contributed by atoms with Gasteiger partial charge in [0.05, 0.1) is 12.5 Å². The van der Waals surface area contributed by atoms with Gasteiger partial charge in [-0.2, -0.15) is 0 Å². The number of nitrogens with zero attached hydrogens (tertiary/aromatic N) is 1. The largest absolute Gasteiger partial charge is 0.395 e. The number of hydrogen-bond donors (Lipinski definition) is 1. The third-order valence-electron chi connectivity index (χ3n) is 3.49. The molecule has 0 aliphatic heterocycles. The monoisotopic (exact) mass is 261 g/mol.